The Morgan fingerprint density at radius 1 is 1.10 bits per heavy atom. The minimum Gasteiger partial charge on any atom is -0.459 e. The van der Waals surface area contributed by atoms with Crippen LogP contribution in [0.1, 0.15) is 52.7 Å². The second-order valence-electron chi connectivity index (χ2n) is 7.29. The van der Waals surface area contributed by atoms with Crippen molar-refractivity contribution in [3.8, 4) is 0 Å². The number of carbonyl (C=O) groups excluding carboxylic acids is 1. The van der Waals surface area contributed by atoms with Gasteiger partial charge in [0.15, 0.2) is 0 Å². The molecule has 20 heavy (non-hydrogen) atoms. The number of carbonyl (C=O) groups is 1. The van der Waals surface area contributed by atoms with Gasteiger partial charge in [-0.3, -0.25) is 4.79 Å². The van der Waals surface area contributed by atoms with E-state index in [-0.39, 0.29) is 11.4 Å². The Balaban J connectivity index is 2.67. The zero-order chi connectivity index (χ0) is 15.6. The summed E-state index contributed by atoms with van der Waals surface area (Å²) in [5.74, 6) is -0.350. The molecule has 0 amide bonds. The standard InChI is InChI=1S/C17H27NO2/c1-16(2,3)13-9-7-12(8-10-13)11-14(18)15(19)20-17(4,5)6/h7-10,14H,11,18H2,1-6H3/t14-/m1/s1. The minimum absolute atomic E-state index is 0.131. The maximum Gasteiger partial charge on any atom is 0.323 e. The van der Waals surface area contributed by atoms with Crippen molar-refractivity contribution in [1.29, 1.82) is 0 Å². The Morgan fingerprint density at radius 2 is 1.60 bits per heavy atom. The fourth-order valence-corrected chi connectivity index (χ4v) is 1.86. The normalized spacial score (nSPS) is 13.9. The molecule has 1 aromatic rings. The summed E-state index contributed by atoms with van der Waals surface area (Å²) < 4.78 is 5.29. The molecule has 0 aliphatic carbocycles. The third-order valence-electron chi connectivity index (χ3n) is 2.99. The first kappa shape index (κ1) is 16.7. The van der Waals surface area contributed by atoms with Gasteiger partial charge in [0.25, 0.3) is 0 Å². The largest absolute Gasteiger partial charge is 0.459 e. The van der Waals surface area contributed by atoms with Crippen LogP contribution in [0.5, 0.6) is 0 Å². The molecule has 0 radical (unpaired) electrons. The van der Waals surface area contributed by atoms with Crippen LogP contribution in [0.25, 0.3) is 0 Å². The van der Waals surface area contributed by atoms with Gasteiger partial charge < -0.3 is 10.5 Å². The minimum atomic E-state index is -0.616. The molecule has 112 valence electrons. The second-order valence-corrected chi connectivity index (χ2v) is 7.29. The molecular weight excluding hydrogens is 250 g/mol. The summed E-state index contributed by atoms with van der Waals surface area (Å²) in [7, 11) is 0. The van der Waals surface area contributed by atoms with Gasteiger partial charge in [-0.2, -0.15) is 0 Å². The van der Waals surface area contributed by atoms with E-state index < -0.39 is 11.6 Å². The van der Waals surface area contributed by atoms with Crippen LogP contribution in [0.3, 0.4) is 0 Å². The van der Waals surface area contributed by atoms with Gasteiger partial charge in [0.2, 0.25) is 0 Å². The van der Waals surface area contributed by atoms with E-state index in [0.29, 0.717) is 6.42 Å². The molecule has 1 rings (SSSR count). The maximum atomic E-state index is 11.8. The van der Waals surface area contributed by atoms with Crippen molar-refractivity contribution in [3.63, 3.8) is 0 Å². The lowest BCUT2D eigenvalue weighted by Crippen LogP contribution is -2.38. The lowest BCUT2D eigenvalue weighted by molar-refractivity contribution is -0.156. The second kappa shape index (κ2) is 5.96. The van der Waals surface area contributed by atoms with E-state index in [4.69, 9.17) is 10.5 Å². The first-order valence-electron chi connectivity index (χ1n) is 7.07. The summed E-state index contributed by atoms with van der Waals surface area (Å²) in [6.07, 6.45) is 0.499. The maximum absolute atomic E-state index is 11.8. The molecular formula is C17H27NO2. The Hall–Kier alpha value is -1.35. The summed E-state index contributed by atoms with van der Waals surface area (Å²) in [5, 5.41) is 0. The van der Waals surface area contributed by atoms with Crippen LogP contribution in [0.2, 0.25) is 0 Å². The Labute approximate surface area is 122 Å². The predicted molar refractivity (Wildman–Crippen MR) is 82.7 cm³/mol. The van der Waals surface area contributed by atoms with Crippen LogP contribution >= 0.6 is 0 Å². The SMILES string of the molecule is CC(C)(C)OC(=O)[C@H](N)Cc1ccc(C(C)(C)C)cc1. The molecule has 1 atom stereocenters. The smallest absolute Gasteiger partial charge is 0.323 e. The van der Waals surface area contributed by atoms with Gasteiger partial charge in [-0.25, -0.2) is 0 Å². The number of ether oxygens (including phenoxy) is 1. The van der Waals surface area contributed by atoms with Crippen molar-refractivity contribution in [1.82, 2.24) is 0 Å². The fourth-order valence-electron chi connectivity index (χ4n) is 1.86. The van der Waals surface area contributed by atoms with Gasteiger partial charge >= 0.3 is 5.97 Å². The number of nitrogens with two attached hydrogens (primary N) is 1. The molecule has 0 bridgehead atoms. The molecule has 0 fully saturated rings. The van der Waals surface area contributed by atoms with Gasteiger partial charge in [0.05, 0.1) is 0 Å². The van der Waals surface area contributed by atoms with E-state index in [1.165, 1.54) is 5.56 Å². The molecule has 3 nitrogen and oxygen atoms in total. The highest BCUT2D eigenvalue weighted by atomic mass is 16.6. The number of esters is 1. The molecule has 0 spiro atoms. The number of rotatable bonds is 3. The molecule has 1 aromatic carbocycles. The third kappa shape index (κ3) is 5.33. The summed E-state index contributed by atoms with van der Waals surface area (Å²) in [4.78, 5) is 11.8. The van der Waals surface area contributed by atoms with Gasteiger partial charge in [-0.1, -0.05) is 45.0 Å². The molecule has 0 saturated heterocycles. The van der Waals surface area contributed by atoms with E-state index in [2.05, 4.69) is 32.9 Å². The van der Waals surface area contributed by atoms with Crippen LogP contribution in [0.15, 0.2) is 24.3 Å². The highest BCUT2D eigenvalue weighted by Crippen LogP contribution is 2.22. The van der Waals surface area contributed by atoms with Gasteiger partial charge in [-0.15, -0.1) is 0 Å². The van der Waals surface area contributed by atoms with Crippen molar-refractivity contribution in [2.75, 3.05) is 0 Å². The number of benzene rings is 1. The quantitative estimate of drug-likeness (QED) is 0.863. The summed E-state index contributed by atoms with van der Waals surface area (Å²) in [6, 6.07) is 7.64. The highest BCUT2D eigenvalue weighted by molar-refractivity contribution is 5.76. The monoisotopic (exact) mass is 277 g/mol. The summed E-state index contributed by atoms with van der Waals surface area (Å²) >= 11 is 0. The van der Waals surface area contributed by atoms with E-state index in [1.807, 2.05) is 32.9 Å². The van der Waals surface area contributed by atoms with Crippen LogP contribution in [-0.4, -0.2) is 17.6 Å². The van der Waals surface area contributed by atoms with E-state index in [1.54, 1.807) is 0 Å². The van der Waals surface area contributed by atoms with E-state index >= 15 is 0 Å². The van der Waals surface area contributed by atoms with Crippen molar-refractivity contribution in [2.45, 2.75) is 65.0 Å². The van der Waals surface area contributed by atoms with E-state index in [9.17, 15) is 4.79 Å². The average molecular weight is 277 g/mol. The van der Waals surface area contributed by atoms with Gasteiger partial charge in [0, 0.05) is 0 Å². The highest BCUT2D eigenvalue weighted by Gasteiger charge is 2.22. The lowest BCUT2D eigenvalue weighted by Gasteiger charge is -2.22. The summed E-state index contributed by atoms with van der Waals surface area (Å²) in [6.45, 7) is 12.1. The third-order valence-corrected chi connectivity index (χ3v) is 2.99. The first-order valence-corrected chi connectivity index (χ1v) is 7.07. The van der Waals surface area contributed by atoms with E-state index in [0.717, 1.165) is 5.56 Å². The number of hydrogen-bond donors (Lipinski definition) is 1. The van der Waals surface area contributed by atoms with Crippen molar-refractivity contribution in [3.05, 3.63) is 35.4 Å². The zero-order valence-electron chi connectivity index (χ0n) is 13.5. The van der Waals surface area contributed by atoms with Gasteiger partial charge in [-0.05, 0) is 43.7 Å². The van der Waals surface area contributed by atoms with Crippen LogP contribution < -0.4 is 5.73 Å². The fraction of sp³-hybridized carbons (Fsp3) is 0.588. The number of hydrogen-bond acceptors (Lipinski definition) is 3. The van der Waals surface area contributed by atoms with Crippen molar-refractivity contribution in [2.24, 2.45) is 5.73 Å². The Morgan fingerprint density at radius 3 is 2.00 bits per heavy atom. The molecule has 3 heteroatoms. The zero-order valence-corrected chi connectivity index (χ0v) is 13.5. The lowest BCUT2D eigenvalue weighted by atomic mass is 9.86. The molecule has 0 saturated carbocycles. The molecule has 0 aliphatic heterocycles. The Bertz CT molecular complexity index is 449. The Kier molecular flexibility index (Phi) is 4.98. The van der Waals surface area contributed by atoms with Gasteiger partial charge in [0.1, 0.15) is 11.6 Å². The van der Waals surface area contributed by atoms with Crippen molar-refractivity contribution < 1.29 is 9.53 Å². The van der Waals surface area contributed by atoms with Crippen LogP contribution in [0.4, 0.5) is 0 Å². The van der Waals surface area contributed by atoms with Crippen LogP contribution in [-0.2, 0) is 21.4 Å². The molecule has 0 aliphatic rings. The predicted octanol–water partition coefficient (Wildman–Crippen LogP) is 3.20. The molecule has 0 heterocycles. The van der Waals surface area contributed by atoms with Crippen LogP contribution in [0, 0.1) is 0 Å². The topological polar surface area (TPSA) is 52.3 Å². The average Bonchev–Trinajstić information content (AvgIpc) is 2.26. The molecule has 0 aromatic heterocycles. The molecule has 0 unspecified atom stereocenters. The molecule has 2 N–H and O–H groups in total. The van der Waals surface area contributed by atoms with Crippen molar-refractivity contribution >= 4 is 5.97 Å². The summed E-state index contributed by atoms with van der Waals surface area (Å²) in [5.41, 5.74) is 7.86. The first-order chi connectivity index (χ1) is 8.99.